The number of carbonyl (C=O) groups is 1. The number of benzene rings is 1. The van der Waals surface area contributed by atoms with Gasteiger partial charge in [-0.25, -0.2) is 4.79 Å². The Bertz CT molecular complexity index is 517. The van der Waals surface area contributed by atoms with Crippen LogP contribution in [0.3, 0.4) is 0 Å². The van der Waals surface area contributed by atoms with E-state index in [-0.39, 0.29) is 12.1 Å². The zero-order chi connectivity index (χ0) is 14.8. The quantitative estimate of drug-likeness (QED) is 0.775. The van der Waals surface area contributed by atoms with E-state index < -0.39 is 5.60 Å². The fourth-order valence-electron chi connectivity index (χ4n) is 2.21. The van der Waals surface area contributed by atoms with Gasteiger partial charge in [0.1, 0.15) is 11.4 Å². The van der Waals surface area contributed by atoms with Crippen molar-refractivity contribution in [3.8, 4) is 5.75 Å². The van der Waals surface area contributed by atoms with E-state index in [1.165, 1.54) is 0 Å². The Hall–Kier alpha value is -1.97. The highest BCUT2D eigenvalue weighted by Gasteiger charge is 2.31. The van der Waals surface area contributed by atoms with Crippen LogP contribution in [-0.4, -0.2) is 30.2 Å². The van der Waals surface area contributed by atoms with E-state index in [1.54, 1.807) is 12.0 Å². The minimum atomic E-state index is -0.495. The van der Waals surface area contributed by atoms with Crippen molar-refractivity contribution in [3.63, 3.8) is 0 Å². The van der Waals surface area contributed by atoms with Crippen LogP contribution < -0.4 is 4.74 Å². The monoisotopic (exact) mass is 275 g/mol. The minimum absolute atomic E-state index is 0.138. The summed E-state index contributed by atoms with van der Waals surface area (Å²) < 4.78 is 10.8. The minimum Gasteiger partial charge on any atom is -0.496 e. The normalized spacial score (nSPS) is 18.2. The van der Waals surface area contributed by atoms with Crippen molar-refractivity contribution in [1.82, 2.24) is 4.90 Å². The van der Waals surface area contributed by atoms with Crippen LogP contribution in [0.2, 0.25) is 0 Å². The van der Waals surface area contributed by atoms with Crippen LogP contribution >= 0.6 is 0 Å². The molecule has 0 radical (unpaired) electrons. The SMILES string of the molecule is COc1ccccc1[C@@H]1C=CCN1C(=O)OC(C)(C)C. The zero-order valence-electron chi connectivity index (χ0n) is 12.4. The Morgan fingerprint density at radius 1 is 1.30 bits per heavy atom. The van der Waals surface area contributed by atoms with Gasteiger partial charge in [-0.05, 0) is 26.8 Å². The molecule has 0 saturated carbocycles. The maximum Gasteiger partial charge on any atom is 0.411 e. The van der Waals surface area contributed by atoms with Gasteiger partial charge in [0.05, 0.1) is 13.2 Å². The number of ether oxygens (including phenoxy) is 2. The lowest BCUT2D eigenvalue weighted by Gasteiger charge is -2.29. The summed E-state index contributed by atoms with van der Waals surface area (Å²) in [6, 6.07) is 7.59. The first-order valence-electron chi connectivity index (χ1n) is 6.71. The van der Waals surface area contributed by atoms with E-state index in [4.69, 9.17) is 9.47 Å². The van der Waals surface area contributed by atoms with E-state index in [0.717, 1.165) is 11.3 Å². The van der Waals surface area contributed by atoms with Crippen LogP contribution in [-0.2, 0) is 4.74 Å². The number of carbonyl (C=O) groups excluding carboxylic acids is 1. The molecule has 1 aliphatic heterocycles. The third-order valence-electron chi connectivity index (χ3n) is 3.04. The van der Waals surface area contributed by atoms with Crippen LogP contribution in [0.15, 0.2) is 36.4 Å². The number of hydrogen-bond donors (Lipinski definition) is 0. The number of hydrogen-bond acceptors (Lipinski definition) is 3. The average molecular weight is 275 g/mol. The molecule has 1 aliphatic rings. The van der Waals surface area contributed by atoms with Gasteiger partial charge in [-0.2, -0.15) is 0 Å². The molecule has 1 amide bonds. The second kappa shape index (κ2) is 5.57. The first-order chi connectivity index (χ1) is 9.42. The van der Waals surface area contributed by atoms with Crippen LogP contribution in [0.1, 0.15) is 32.4 Å². The standard InChI is InChI=1S/C16H21NO3/c1-16(2,3)20-15(18)17-11-7-9-13(17)12-8-5-6-10-14(12)19-4/h5-10,13H,11H2,1-4H3/t13-/m0/s1. The van der Waals surface area contributed by atoms with E-state index >= 15 is 0 Å². The molecule has 0 N–H and O–H groups in total. The second-order valence-electron chi connectivity index (χ2n) is 5.75. The Kier molecular flexibility index (Phi) is 4.02. The summed E-state index contributed by atoms with van der Waals surface area (Å²) in [7, 11) is 1.63. The van der Waals surface area contributed by atoms with Crippen molar-refractivity contribution < 1.29 is 14.3 Å². The Morgan fingerprint density at radius 3 is 2.65 bits per heavy atom. The lowest BCUT2D eigenvalue weighted by Crippen LogP contribution is -2.36. The van der Waals surface area contributed by atoms with Gasteiger partial charge in [-0.1, -0.05) is 30.4 Å². The maximum absolute atomic E-state index is 12.3. The van der Waals surface area contributed by atoms with Crippen molar-refractivity contribution in [1.29, 1.82) is 0 Å². The predicted octanol–water partition coefficient (Wildman–Crippen LogP) is 3.54. The van der Waals surface area contributed by atoms with Crippen LogP contribution in [0.4, 0.5) is 4.79 Å². The summed E-state index contributed by atoms with van der Waals surface area (Å²) in [6.45, 7) is 6.16. The first-order valence-corrected chi connectivity index (χ1v) is 6.71. The molecule has 108 valence electrons. The van der Waals surface area contributed by atoms with Crippen molar-refractivity contribution in [2.24, 2.45) is 0 Å². The van der Waals surface area contributed by atoms with Gasteiger partial charge >= 0.3 is 6.09 Å². The fourth-order valence-corrected chi connectivity index (χ4v) is 2.21. The van der Waals surface area contributed by atoms with Gasteiger partial charge in [0.2, 0.25) is 0 Å². The van der Waals surface area contributed by atoms with Crippen molar-refractivity contribution in [3.05, 3.63) is 42.0 Å². The third kappa shape index (κ3) is 3.13. The highest BCUT2D eigenvalue weighted by molar-refractivity contribution is 5.70. The topological polar surface area (TPSA) is 38.8 Å². The Labute approximate surface area is 120 Å². The molecule has 1 atom stereocenters. The van der Waals surface area contributed by atoms with Gasteiger partial charge in [0.25, 0.3) is 0 Å². The molecule has 1 heterocycles. The maximum atomic E-state index is 12.3. The summed E-state index contributed by atoms with van der Waals surface area (Å²) in [6.07, 6.45) is 3.67. The summed E-state index contributed by atoms with van der Waals surface area (Å²) in [4.78, 5) is 14.0. The molecule has 0 spiro atoms. The summed E-state index contributed by atoms with van der Waals surface area (Å²) >= 11 is 0. The first kappa shape index (κ1) is 14.4. The molecular formula is C16H21NO3. The van der Waals surface area contributed by atoms with Crippen molar-refractivity contribution >= 4 is 6.09 Å². The highest BCUT2D eigenvalue weighted by atomic mass is 16.6. The molecule has 1 aromatic rings. The highest BCUT2D eigenvalue weighted by Crippen LogP contribution is 2.33. The van der Waals surface area contributed by atoms with Gasteiger partial charge in [0, 0.05) is 12.1 Å². The van der Waals surface area contributed by atoms with Gasteiger partial charge in [0.15, 0.2) is 0 Å². The molecule has 0 fully saturated rings. The molecule has 0 aliphatic carbocycles. The molecule has 20 heavy (non-hydrogen) atoms. The number of rotatable bonds is 2. The number of para-hydroxylation sites is 1. The van der Waals surface area contributed by atoms with Crippen molar-refractivity contribution in [2.45, 2.75) is 32.4 Å². The number of nitrogens with zero attached hydrogens (tertiary/aromatic N) is 1. The van der Waals surface area contributed by atoms with Crippen LogP contribution in [0, 0.1) is 0 Å². The molecule has 0 aromatic heterocycles. The van der Waals surface area contributed by atoms with E-state index in [9.17, 15) is 4.79 Å². The smallest absolute Gasteiger partial charge is 0.411 e. The molecule has 1 aromatic carbocycles. The zero-order valence-corrected chi connectivity index (χ0v) is 12.4. The fraction of sp³-hybridized carbons (Fsp3) is 0.438. The molecule has 0 saturated heterocycles. The van der Waals surface area contributed by atoms with E-state index in [0.29, 0.717) is 6.54 Å². The molecule has 2 rings (SSSR count). The number of amides is 1. The molecule has 0 bridgehead atoms. The largest absolute Gasteiger partial charge is 0.496 e. The lowest BCUT2D eigenvalue weighted by molar-refractivity contribution is 0.0239. The molecule has 4 nitrogen and oxygen atoms in total. The van der Waals surface area contributed by atoms with Crippen molar-refractivity contribution in [2.75, 3.05) is 13.7 Å². The van der Waals surface area contributed by atoms with E-state index in [1.807, 2.05) is 57.2 Å². The number of methoxy groups -OCH3 is 1. The molecule has 4 heteroatoms. The lowest BCUT2D eigenvalue weighted by atomic mass is 10.1. The summed E-state index contributed by atoms with van der Waals surface area (Å²) in [5.74, 6) is 0.776. The molecular weight excluding hydrogens is 254 g/mol. The summed E-state index contributed by atoms with van der Waals surface area (Å²) in [5.41, 5.74) is 0.472. The van der Waals surface area contributed by atoms with E-state index in [2.05, 4.69) is 0 Å². The summed E-state index contributed by atoms with van der Waals surface area (Å²) in [5, 5.41) is 0. The average Bonchev–Trinajstić information content (AvgIpc) is 2.85. The van der Waals surface area contributed by atoms with Crippen LogP contribution in [0.25, 0.3) is 0 Å². The second-order valence-corrected chi connectivity index (χ2v) is 5.75. The van der Waals surface area contributed by atoms with Crippen LogP contribution in [0.5, 0.6) is 5.75 Å². The third-order valence-corrected chi connectivity index (χ3v) is 3.04. The van der Waals surface area contributed by atoms with Gasteiger partial charge in [-0.3, -0.25) is 4.90 Å². The predicted molar refractivity (Wildman–Crippen MR) is 77.8 cm³/mol. The Morgan fingerprint density at radius 2 is 2.00 bits per heavy atom. The van der Waals surface area contributed by atoms with Gasteiger partial charge < -0.3 is 9.47 Å². The van der Waals surface area contributed by atoms with Gasteiger partial charge in [-0.15, -0.1) is 0 Å². The molecule has 0 unspecified atom stereocenters. The Balaban J connectivity index is 2.23.